The molecule has 1 aromatic heterocycles. The number of hydrogen-bond acceptors (Lipinski definition) is 2. The molecule has 0 aliphatic heterocycles. The Morgan fingerprint density at radius 1 is 0.857 bits per heavy atom. The SMILES string of the molecule is CC.Cc1ccc(-c2oc3ccccc3c(=O)c2C)cc1. The van der Waals surface area contributed by atoms with Gasteiger partial charge in [-0.25, -0.2) is 0 Å². The lowest BCUT2D eigenvalue weighted by atomic mass is 10.0. The molecule has 0 unspecified atom stereocenters. The van der Waals surface area contributed by atoms with E-state index in [1.54, 1.807) is 6.07 Å². The molecule has 0 saturated carbocycles. The molecule has 108 valence electrons. The largest absolute Gasteiger partial charge is 0.456 e. The number of hydrogen-bond donors (Lipinski definition) is 0. The lowest BCUT2D eigenvalue weighted by molar-refractivity contribution is 0.614. The normalized spacial score (nSPS) is 10.1. The molecule has 2 heteroatoms. The summed E-state index contributed by atoms with van der Waals surface area (Å²) in [6.45, 7) is 7.85. The smallest absolute Gasteiger partial charge is 0.196 e. The van der Waals surface area contributed by atoms with Gasteiger partial charge in [-0.15, -0.1) is 0 Å². The first-order chi connectivity index (χ1) is 10.2. The van der Waals surface area contributed by atoms with Crippen molar-refractivity contribution < 1.29 is 4.42 Å². The minimum atomic E-state index is 0.0393. The maximum absolute atomic E-state index is 12.3. The highest BCUT2D eigenvalue weighted by atomic mass is 16.3. The predicted molar refractivity (Wildman–Crippen MR) is 88.7 cm³/mol. The molecule has 1 heterocycles. The Hall–Kier alpha value is -2.35. The summed E-state index contributed by atoms with van der Waals surface area (Å²) in [5, 5.41) is 0.635. The van der Waals surface area contributed by atoms with Crippen LogP contribution in [0.3, 0.4) is 0 Å². The van der Waals surface area contributed by atoms with Crippen molar-refractivity contribution in [2.45, 2.75) is 27.7 Å². The van der Waals surface area contributed by atoms with Gasteiger partial charge in [0.2, 0.25) is 0 Å². The molecule has 2 nitrogen and oxygen atoms in total. The van der Waals surface area contributed by atoms with Crippen molar-refractivity contribution in [2.75, 3.05) is 0 Å². The Labute approximate surface area is 125 Å². The molecule has 0 spiro atoms. The van der Waals surface area contributed by atoms with Gasteiger partial charge in [-0.3, -0.25) is 4.79 Å². The van der Waals surface area contributed by atoms with Crippen LogP contribution in [0.5, 0.6) is 0 Å². The standard InChI is InChI=1S/C17H14O2.C2H6/c1-11-7-9-13(10-8-11)17-12(2)16(18)14-5-3-4-6-15(14)19-17;1-2/h3-10H,1-2H3;1-2H3. The van der Waals surface area contributed by atoms with E-state index in [1.165, 1.54) is 5.56 Å². The molecular formula is C19H20O2. The highest BCUT2D eigenvalue weighted by molar-refractivity contribution is 5.80. The van der Waals surface area contributed by atoms with E-state index in [0.717, 1.165) is 5.56 Å². The number of rotatable bonds is 1. The third-order valence-corrected chi connectivity index (χ3v) is 3.34. The minimum absolute atomic E-state index is 0.0393. The third-order valence-electron chi connectivity index (χ3n) is 3.34. The zero-order valence-electron chi connectivity index (χ0n) is 12.9. The molecule has 0 bridgehead atoms. The number of aryl methyl sites for hydroxylation is 1. The van der Waals surface area contributed by atoms with Gasteiger partial charge < -0.3 is 4.42 Å². The quantitative estimate of drug-likeness (QED) is 0.620. The molecule has 0 saturated heterocycles. The Morgan fingerprint density at radius 3 is 2.14 bits per heavy atom. The summed E-state index contributed by atoms with van der Waals surface area (Å²) in [6.07, 6.45) is 0. The predicted octanol–water partition coefficient (Wildman–Crippen LogP) is 5.10. The van der Waals surface area contributed by atoms with Crippen molar-refractivity contribution in [3.63, 3.8) is 0 Å². The number of para-hydroxylation sites is 1. The van der Waals surface area contributed by atoms with E-state index < -0.39 is 0 Å². The fraction of sp³-hybridized carbons (Fsp3) is 0.211. The van der Waals surface area contributed by atoms with E-state index >= 15 is 0 Å². The van der Waals surface area contributed by atoms with Crippen LogP contribution in [0.2, 0.25) is 0 Å². The monoisotopic (exact) mass is 280 g/mol. The van der Waals surface area contributed by atoms with Crippen LogP contribution in [0.1, 0.15) is 25.0 Å². The van der Waals surface area contributed by atoms with Crippen molar-refractivity contribution in [2.24, 2.45) is 0 Å². The summed E-state index contributed by atoms with van der Waals surface area (Å²) < 4.78 is 5.90. The van der Waals surface area contributed by atoms with Gasteiger partial charge in [0.1, 0.15) is 11.3 Å². The van der Waals surface area contributed by atoms with Crippen LogP contribution >= 0.6 is 0 Å². The van der Waals surface area contributed by atoms with Crippen molar-refractivity contribution in [1.29, 1.82) is 0 Å². The Balaban J connectivity index is 0.000000774. The van der Waals surface area contributed by atoms with Crippen LogP contribution < -0.4 is 5.43 Å². The third kappa shape index (κ3) is 2.89. The van der Waals surface area contributed by atoms with Gasteiger partial charge in [0, 0.05) is 11.1 Å². The van der Waals surface area contributed by atoms with Gasteiger partial charge in [0.15, 0.2) is 5.43 Å². The van der Waals surface area contributed by atoms with Crippen LogP contribution in [0.15, 0.2) is 57.7 Å². The van der Waals surface area contributed by atoms with Crippen molar-refractivity contribution in [3.05, 3.63) is 69.9 Å². The van der Waals surface area contributed by atoms with Gasteiger partial charge in [-0.2, -0.15) is 0 Å². The molecule has 0 aliphatic rings. The van der Waals surface area contributed by atoms with E-state index in [4.69, 9.17) is 4.42 Å². The summed E-state index contributed by atoms with van der Waals surface area (Å²) in [7, 11) is 0. The van der Waals surface area contributed by atoms with E-state index in [-0.39, 0.29) is 5.43 Å². The molecule has 0 amide bonds. The molecule has 0 aliphatic carbocycles. The molecule has 2 aromatic carbocycles. The molecule has 0 atom stereocenters. The molecule has 0 N–H and O–H groups in total. The van der Waals surface area contributed by atoms with Crippen molar-refractivity contribution >= 4 is 11.0 Å². The van der Waals surface area contributed by atoms with Gasteiger partial charge >= 0.3 is 0 Å². The zero-order valence-corrected chi connectivity index (χ0v) is 12.9. The first-order valence-corrected chi connectivity index (χ1v) is 7.26. The fourth-order valence-electron chi connectivity index (χ4n) is 2.22. The van der Waals surface area contributed by atoms with Gasteiger partial charge in [0.25, 0.3) is 0 Å². The highest BCUT2D eigenvalue weighted by Gasteiger charge is 2.11. The topological polar surface area (TPSA) is 30.2 Å². The zero-order chi connectivity index (χ0) is 15.4. The number of fused-ring (bicyclic) bond motifs is 1. The van der Waals surface area contributed by atoms with E-state index in [1.807, 2.05) is 70.2 Å². The molecule has 0 fully saturated rings. The molecule has 3 aromatic rings. The minimum Gasteiger partial charge on any atom is -0.456 e. The maximum Gasteiger partial charge on any atom is 0.196 e. The average molecular weight is 280 g/mol. The summed E-state index contributed by atoms with van der Waals surface area (Å²) >= 11 is 0. The van der Waals surface area contributed by atoms with Crippen molar-refractivity contribution in [3.8, 4) is 11.3 Å². The first kappa shape index (κ1) is 15.0. The lowest BCUT2D eigenvalue weighted by Gasteiger charge is -2.07. The number of benzene rings is 2. The molecule has 3 rings (SSSR count). The van der Waals surface area contributed by atoms with Crippen LogP contribution in [0, 0.1) is 13.8 Å². The van der Waals surface area contributed by atoms with Gasteiger partial charge in [-0.05, 0) is 26.0 Å². The molecular weight excluding hydrogens is 260 g/mol. The van der Waals surface area contributed by atoms with Crippen LogP contribution in [0.25, 0.3) is 22.3 Å². The summed E-state index contributed by atoms with van der Waals surface area (Å²) in [4.78, 5) is 12.3. The fourth-order valence-corrected chi connectivity index (χ4v) is 2.22. The average Bonchev–Trinajstić information content (AvgIpc) is 2.54. The van der Waals surface area contributed by atoms with Crippen LogP contribution in [-0.4, -0.2) is 0 Å². The lowest BCUT2D eigenvalue weighted by Crippen LogP contribution is -2.06. The summed E-state index contributed by atoms with van der Waals surface area (Å²) in [5.74, 6) is 0.656. The van der Waals surface area contributed by atoms with Gasteiger partial charge in [0.05, 0.1) is 5.39 Å². The van der Waals surface area contributed by atoms with Gasteiger partial charge in [-0.1, -0.05) is 55.8 Å². The molecule has 0 radical (unpaired) electrons. The molecule has 21 heavy (non-hydrogen) atoms. The second-order valence-electron chi connectivity index (χ2n) is 4.75. The van der Waals surface area contributed by atoms with E-state index in [9.17, 15) is 4.79 Å². The second-order valence-corrected chi connectivity index (χ2v) is 4.75. The first-order valence-electron chi connectivity index (χ1n) is 7.26. The summed E-state index contributed by atoms with van der Waals surface area (Å²) in [5.41, 5.74) is 3.45. The van der Waals surface area contributed by atoms with Crippen LogP contribution in [0.4, 0.5) is 0 Å². The van der Waals surface area contributed by atoms with Crippen molar-refractivity contribution in [1.82, 2.24) is 0 Å². The summed E-state index contributed by atoms with van der Waals surface area (Å²) in [6, 6.07) is 15.4. The van der Waals surface area contributed by atoms with E-state index in [0.29, 0.717) is 22.3 Å². The van der Waals surface area contributed by atoms with Crippen LogP contribution in [-0.2, 0) is 0 Å². The Bertz CT molecular complexity index is 796. The second kappa shape index (κ2) is 6.40. The maximum atomic E-state index is 12.3. The van der Waals surface area contributed by atoms with E-state index in [2.05, 4.69) is 0 Å². The Morgan fingerprint density at radius 2 is 1.48 bits per heavy atom. The highest BCUT2D eigenvalue weighted by Crippen LogP contribution is 2.25. The Kier molecular flexibility index (Phi) is 4.59.